The number of hydrogen-bond acceptors (Lipinski definition) is 3. The van der Waals surface area contributed by atoms with Crippen LogP contribution in [0.1, 0.15) is 23.6 Å². The molecule has 1 fully saturated rings. The highest BCUT2D eigenvalue weighted by Crippen LogP contribution is 2.34. The fourth-order valence-electron chi connectivity index (χ4n) is 3.23. The third kappa shape index (κ3) is 4.23. The summed E-state index contributed by atoms with van der Waals surface area (Å²) in [4.78, 5) is 40.5. The summed E-state index contributed by atoms with van der Waals surface area (Å²) in [5.74, 6) is -0.885. The van der Waals surface area contributed by atoms with E-state index >= 15 is 0 Å². The second-order valence-corrected chi connectivity index (χ2v) is 8.15. The zero-order valence-electron chi connectivity index (χ0n) is 16.3. The predicted molar refractivity (Wildman–Crippen MR) is 112 cm³/mol. The number of likely N-dealkylation sites (N-methyl/N-ethyl adjacent to an activating group) is 1. The molecule has 2 aromatic carbocycles. The summed E-state index contributed by atoms with van der Waals surface area (Å²) < 4.78 is 0. The van der Waals surface area contributed by atoms with E-state index in [0.717, 1.165) is 16.0 Å². The molecule has 1 aliphatic heterocycles. The van der Waals surface area contributed by atoms with E-state index in [1.807, 2.05) is 31.2 Å². The Morgan fingerprint density at radius 2 is 1.79 bits per heavy atom. The summed E-state index contributed by atoms with van der Waals surface area (Å²) in [6.07, 6.45) is 0. The molecule has 0 aliphatic carbocycles. The molecule has 3 rings (SSSR count). The Labute approximate surface area is 179 Å². The number of urea groups is 1. The van der Waals surface area contributed by atoms with Crippen molar-refractivity contribution in [2.45, 2.75) is 25.9 Å². The molecule has 8 heteroatoms. The lowest BCUT2D eigenvalue weighted by Crippen LogP contribution is -2.43. The molecule has 1 aliphatic rings. The van der Waals surface area contributed by atoms with Gasteiger partial charge in [-0.15, -0.1) is 0 Å². The Balaban J connectivity index is 1.74. The van der Waals surface area contributed by atoms with Gasteiger partial charge in [0.15, 0.2) is 0 Å². The Bertz CT molecular complexity index is 978. The van der Waals surface area contributed by atoms with Crippen molar-refractivity contribution in [1.82, 2.24) is 15.1 Å². The van der Waals surface area contributed by atoms with E-state index in [-0.39, 0.29) is 17.5 Å². The Morgan fingerprint density at radius 1 is 1.14 bits per heavy atom. The highest BCUT2D eigenvalue weighted by Gasteiger charge is 2.50. The van der Waals surface area contributed by atoms with E-state index < -0.39 is 17.5 Å². The maximum atomic E-state index is 13.0. The monoisotopic (exact) mass is 433 g/mol. The van der Waals surface area contributed by atoms with Crippen LogP contribution in [0.3, 0.4) is 0 Å². The number of nitrogens with zero attached hydrogens (tertiary/aromatic N) is 2. The average molecular weight is 434 g/mol. The first-order chi connectivity index (χ1) is 13.6. The highest BCUT2D eigenvalue weighted by molar-refractivity contribution is 6.35. The predicted octanol–water partition coefficient (Wildman–Crippen LogP) is 3.73. The van der Waals surface area contributed by atoms with Gasteiger partial charge in [-0.25, -0.2) is 4.79 Å². The number of imide groups is 1. The molecule has 1 saturated heterocycles. The minimum atomic E-state index is -1.37. The van der Waals surface area contributed by atoms with E-state index in [4.69, 9.17) is 23.2 Å². The summed E-state index contributed by atoms with van der Waals surface area (Å²) in [5, 5.41) is 3.33. The van der Waals surface area contributed by atoms with Crippen molar-refractivity contribution in [2.75, 3.05) is 13.6 Å². The van der Waals surface area contributed by atoms with Crippen LogP contribution in [0.4, 0.5) is 4.79 Å². The molecule has 0 aromatic heterocycles. The molecule has 4 amide bonds. The largest absolute Gasteiger partial charge is 0.340 e. The van der Waals surface area contributed by atoms with Gasteiger partial charge in [-0.3, -0.25) is 14.5 Å². The fraction of sp³-hybridized carbons (Fsp3) is 0.286. The SMILES string of the molecule is Cc1ccc(CN(C)C(=O)CN2C(=O)NC(C)(c3ccc(Cl)cc3Cl)C2=O)cc1. The summed E-state index contributed by atoms with van der Waals surface area (Å²) >= 11 is 12.2. The van der Waals surface area contributed by atoms with Crippen LogP contribution >= 0.6 is 23.2 Å². The lowest BCUT2D eigenvalue weighted by atomic mass is 9.92. The summed E-state index contributed by atoms with van der Waals surface area (Å²) in [6.45, 7) is 3.57. The van der Waals surface area contributed by atoms with Crippen LogP contribution in [-0.4, -0.2) is 41.2 Å². The van der Waals surface area contributed by atoms with Crippen molar-refractivity contribution in [3.8, 4) is 0 Å². The van der Waals surface area contributed by atoms with Gasteiger partial charge in [0.25, 0.3) is 5.91 Å². The van der Waals surface area contributed by atoms with Gasteiger partial charge in [-0.1, -0.05) is 59.1 Å². The van der Waals surface area contributed by atoms with E-state index in [2.05, 4.69) is 5.32 Å². The summed E-state index contributed by atoms with van der Waals surface area (Å²) in [7, 11) is 1.63. The van der Waals surface area contributed by atoms with Gasteiger partial charge in [-0.05, 0) is 31.5 Å². The molecular formula is C21H21Cl2N3O3. The van der Waals surface area contributed by atoms with Crippen molar-refractivity contribution < 1.29 is 14.4 Å². The molecule has 152 valence electrons. The van der Waals surface area contributed by atoms with Crippen LogP contribution in [0.25, 0.3) is 0 Å². The average Bonchev–Trinajstić information content (AvgIpc) is 2.87. The quantitative estimate of drug-likeness (QED) is 0.730. The lowest BCUT2D eigenvalue weighted by molar-refractivity contribution is -0.138. The van der Waals surface area contributed by atoms with Crippen molar-refractivity contribution in [1.29, 1.82) is 0 Å². The molecule has 0 spiro atoms. The molecule has 1 atom stereocenters. The van der Waals surface area contributed by atoms with Gasteiger partial charge in [0, 0.05) is 29.2 Å². The number of hydrogen-bond donors (Lipinski definition) is 1. The number of halogens is 2. The standard InChI is InChI=1S/C21H21Cl2N3O3/c1-13-4-6-14(7-5-13)11-25(3)18(27)12-26-19(28)21(2,24-20(26)29)16-9-8-15(22)10-17(16)23/h4-10H,11-12H2,1-3H3,(H,24,29). The number of rotatable bonds is 5. The first-order valence-electron chi connectivity index (χ1n) is 9.01. The van der Waals surface area contributed by atoms with Gasteiger partial charge < -0.3 is 10.2 Å². The second kappa shape index (κ2) is 8.05. The molecule has 29 heavy (non-hydrogen) atoms. The van der Waals surface area contributed by atoms with Crippen LogP contribution in [0, 0.1) is 6.92 Å². The normalized spacial score (nSPS) is 18.7. The molecule has 1 N–H and O–H groups in total. The number of aryl methyl sites for hydroxylation is 1. The molecular weight excluding hydrogens is 413 g/mol. The molecule has 0 bridgehead atoms. The Morgan fingerprint density at radius 3 is 2.41 bits per heavy atom. The van der Waals surface area contributed by atoms with Crippen molar-refractivity contribution >= 4 is 41.0 Å². The molecule has 1 heterocycles. The molecule has 0 saturated carbocycles. The minimum absolute atomic E-state index is 0.262. The van der Waals surface area contributed by atoms with E-state index in [0.29, 0.717) is 17.1 Å². The highest BCUT2D eigenvalue weighted by atomic mass is 35.5. The zero-order valence-corrected chi connectivity index (χ0v) is 17.8. The third-order valence-corrected chi connectivity index (χ3v) is 5.55. The maximum Gasteiger partial charge on any atom is 0.325 e. The number of amides is 4. The van der Waals surface area contributed by atoms with Crippen LogP contribution in [0.5, 0.6) is 0 Å². The van der Waals surface area contributed by atoms with Crippen molar-refractivity contribution in [2.24, 2.45) is 0 Å². The molecule has 6 nitrogen and oxygen atoms in total. The van der Waals surface area contributed by atoms with E-state index in [9.17, 15) is 14.4 Å². The third-order valence-electron chi connectivity index (χ3n) is 5.00. The fourth-order valence-corrected chi connectivity index (χ4v) is 3.83. The van der Waals surface area contributed by atoms with Crippen LogP contribution < -0.4 is 5.32 Å². The molecule has 2 aromatic rings. The molecule has 1 unspecified atom stereocenters. The van der Waals surface area contributed by atoms with Gasteiger partial charge in [0.2, 0.25) is 5.91 Å². The van der Waals surface area contributed by atoms with Gasteiger partial charge in [0.05, 0.1) is 0 Å². The summed E-state index contributed by atoms with van der Waals surface area (Å²) in [5.41, 5.74) is 1.14. The topological polar surface area (TPSA) is 69.7 Å². The van der Waals surface area contributed by atoms with Crippen molar-refractivity contribution in [3.05, 3.63) is 69.2 Å². The lowest BCUT2D eigenvalue weighted by Gasteiger charge is -2.24. The van der Waals surface area contributed by atoms with Gasteiger partial charge in [-0.2, -0.15) is 0 Å². The Kier molecular flexibility index (Phi) is 5.87. The van der Waals surface area contributed by atoms with E-state index in [1.54, 1.807) is 26.1 Å². The number of carbonyl (C=O) groups is 3. The maximum absolute atomic E-state index is 13.0. The first-order valence-corrected chi connectivity index (χ1v) is 9.76. The van der Waals surface area contributed by atoms with Crippen LogP contribution in [0.15, 0.2) is 42.5 Å². The second-order valence-electron chi connectivity index (χ2n) is 7.31. The zero-order chi connectivity index (χ0) is 21.3. The first kappa shape index (κ1) is 21.1. The summed E-state index contributed by atoms with van der Waals surface area (Å²) in [6, 6.07) is 11.9. The van der Waals surface area contributed by atoms with Crippen LogP contribution in [0.2, 0.25) is 10.0 Å². The molecule has 0 radical (unpaired) electrons. The smallest absolute Gasteiger partial charge is 0.325 e. The van der Waals surface area contributed by atoms with E-state index in [1.165, 1.54) is 11.0 Å². The number of carbonyl (C=O) groups excluding carboxylic acids is 3. The van der Waals surface area contributed by atoms with Crippen LogP contribution in [-0.2, 0) is 21.7 Å². The number of nitrogens with one attached hydrogen (secondary N) is 1. The number of benzene rings is 2. The van der Waals surface area contributed by atoms with Crippen molar-refractivity contribution in [3.63, 3.8) is 0 Å². The Hall–Kier alpha value is -2.57. The minimum Gasteiger partial charge on any atom is -0.340 e. The van der Waals surface area contributed by atoms with Gasteiger partial charge in [0.1, 0.15) is 12.1 Å². The van der Waals surface area contributed by atoms with Gasteiger partial charge >= 0.3 is 6.03 Å².